The van der Waals surface area contributed by atoms with E-state index in [9.17, 15) is 4.79 Å². The third kappa shape index (κ3) is 3.02. The fourth-order valence-corrected chi connectivity index (χ4v) is 2.61. The highest BCUT2D eigenvalue weighted by Gasteiger charge is 2.42. The molecule has 1 aromatic rings. The molecule has 1 saturated heterocycles. The Balaban J connectivity index is 2.11. The van der Waals surface area contributed by atoms with Crippen LogP contribution in [-0.4, -0.2) is 31.6 Å². The quantitative estimate of drug-likeness (QED) is 0.798. The number of ether oxygens (including phenoxy) is 3. The van der Waals surface area contributed by atoms with E-state index in [0.29, 0.717) is 5.56 Å². The Kier molecular flexibility index (Phi) is 4.78. The molecule has 4 nitrogen and oxygen atoms in total. The third-order valence-electron chi connectivity index (χ3n) is 4.04. The second kappa shape index (κ2) is 6.37. The lowest BCUT2D eigenvalue weighted by atomic mass is 9.86. The van der Waals surface area contributed by atoms with E-state index < -0.39 is 0 Å². The van der Waals surface area contributed by atoms with Crippen LogP contribution in [0, 0.1) is 11.8 Å². The van der Waals surface area contributed by atoms with E-state index in [1.54, 1.807) is 19.2 Å². The molecule has 1 aromatic carbocycles. The van der Waals surface area contributed by atoms with Crippen LogP contribution in [0.25, 0.3) is 0 Å². The first-order valence-electron chi connectivity index (χ1n) is 6.99. The van der Waals surface area contributed by atoms with Gasteiger partial charge in [-0.25, -0.2) is 4.79 Å². The maximum atomic E-state index is 12.2. The molecular formula is C16H22O4. The van der Waals surface area contributed by atoms with Crippen molar-refractivity contribution in [3.8, 4) is 0 Å². The highest BCUT2D eigenvalue weighted by Crippen LogP contribution is 2.33. The van der Waals surface area contributed by atoms with Crippen molar-refractivity contribution >= 4 is 5.97 Å². The van der Waals surface area contributed by atoms with E-state index in [4.69, 9.17) is 14.2 Å². The smallest absolute Gasteiger partial charge is 0.338 e. The number of carbonyl (C=O) groups excluding carboxylic acids is 1. The molecule has 110 valence electrons. The van der Waals surface area contributed by atoms with Gasteiger partial charge in [-0.05, 0) is 19.1 Å². The van der Waals surface area contributed by atoms with Crippen LogP contribution >= 0.6 is 0 Å². The van der Waals surface area contributed by atoms with Crippen molar-refractivity contribution in [2.45, 2.75) is 39.3 Å². The molecule has 20 heavy (non-hydrogen) atoms. The number of rotatable bonds is 3. The van der Waals surface area contributed by atoms with E-state index in [-0.39, 0.29) is 36.3 Å². The van der Waals surface area contributed by atoms with Gasteiger partial charge in [-0.15, -0.1) is 0 Å². The molecule has 0 amide bonds. The monoisotopic (exact) mass is 278 g/mol. The van der Waals surface area contributed by atoms with Gasteiger partial charge in [-0.3, -0.25) is 0 Å². The van der Waals surface area contributed by atoms with Crippen molar-refractivity contribution in [2.75, 3.05) is 7.11 Å². The van der Waals surface area contributed by atoms with E-state index in [1.807, 2.05) is 39.0 Å². The molecule has 1 fully saturated rings. The lowest BCUT2D eigenvalue weighted by Crippen LogP contribution is -2.50. The number of benzene rings is 1. The predicted molar refractivity (Wildman–Crippen MR) is 75.3 cm³/mol. The standard InChI is InChI=1S/C16H22O4/c1-10-12(3)19-16(18-4)11(2)14(10)20-15(17)13-8-6-5-7-9-13/h5-12,14,16H,1-4H3. The molecule has 0 radical (unpaired) electrons. The summed E-state index contributed by atoms with van der Waals surface area (Å²) in [6.45, 7) is 6.00. The Hall–Kier alpha value is -1.39. The van der Waals surface area contributed by atoms with E-state index in [0.717, 1.165) is 0 Å². The molecule has 0 bridgehead atoms. The predicted octanol–water partition coefficient (Wildman–Crippen LogP) is 2.88. The zero-order valence-electron chi connectivity index (χ0n) is 12.4. The van der Waals surface area contributed by atoms with Crippen molar-refractivity contribution in [3.05, 3.63) is 35.9 Å². The Morgan fingerprint density at radius 2 is 1.75 bits per heavy atom. The fourth-order valence-electron chi connectivity index (χ4n) is 2.61. The maximum absolute atomic E-state index is 12.2. The van der Waals surface area contributed by atoms with E-state index in [2.05, 4.69) is 0 Å². The van der Waals surface area contributed by atoms with E-state index in [1.165, 1.54) is 0 Å². The number of hydrogen-bond donors (Lipinski definition) is 0. The van der Waals surface area contributed by atoms with Crippen molar-refractivity contribution in [1.82, 2.24) is 0 Å². The normalized spacial score (nSPS) is 33.7. The SMILES string of the molecule is COC1OC(C)C(C)C(OC(=O)c2ccccc2)C1C. The van der Waals surface area contributed by atoms with Gasteiger partial charge in [0.2, 0.25) is 0 Å². The third-order valence-corrected chi connectivity index (χ3v) is 4.04. The Labute approximate surface area is 120 Å². The van der Waals surface area contributed by atoms with Gasteiger partial charge in [0.15, 0.2) is 6.29 Å². The van der Waals surface area contributed by atoms with Gasteiger partial charge in [0, 0.05) is 18.9 Å². The average molecular weight is 278 g/mol. The minimum Gasteiger partial charge on any atom is -0.458 e. The van der Waals surface area contributed by atoms with Crippen LogP contribution in [0.3, 0.4) is 0 Å². The van der Waals surface area contributed by atoms with Gasteiger partial charge in [-0.2, -0.15) is 0 Å². The molecule has 0 aliphatic carbocycles. The van der Waals surface area contributed by atoms with Gasteiger partial charge in [0.1, 0.15) is 6.10 Å². The molecule has 2 rings (SSSR count). The molecule has 0 spiro atoms. The number of hydrogen-bond acceptors (Lipinski definition) is 4. The summed E-state index contributed by atoms with van der Waals surface area (Å²) in [4.78, 5) is 12.2. The first-order chi connectivity index (χ1) is 9.54. The zero-order valence-corrected chi connectivity index (χ0v) is 12.4. The molecule has 0 saturated carbocycles. The van der Waals surface area contributed by atoms with Crippen molar-refractivity contribution in [1.29, 1.82) is 0 Å². The van der Waals surface area contributed by atoms with E-state index >= 15 is 0 Å². The summed E-state index contributed by atoms with van der Waals surface area (Å²) in [6.07, 6.45) is -0.559. The van der Waals surface area contributed by atoms with Crippen molar-refractivity contribution < 1.29 is 19.0 Å². The Morgan fingerprint density at radius 1 is 1.10 bits per heavy atom. The minimum absolute atomic E-state index is 0.00105. The van der Waals surface area contributed by atoms with Crippen LogP contribution in [0.15, 0.2) is 30.3 Å². The van der Waals surface area contributed by atoms with Gasteiger partial charge >= 0.3 is 5.97 Å². The summed E-state index contributed by atoms with van der Waals surface area (Å²) in [5.74, 6) is -0.166. The molecule has 0 N–H and O–H groups in total. The molecule has 1 aliphatic heterocycles. The van der Waals surface area contributed by atoms with Crippen LogP contribution in [0.5, 0.6) is 0 Å². The van der Waals surface area contributed by atoms with Gasteiger partial charge in [0.05, 0.1) is 11.7 Å². The maximum Gasteiger partial charge on any atom is 0.338 e. The molecule has 1 heterocycles. The molecule has 5 atom stereocenters. The van der Waals surface area contributed by atoms with Gasteiger partial charge in [0.25, 0.3) is 0 Å². The summed E-state index contributed by atoms with van der Waals surface area (Å²) in [7, 11) is 1.61. The van der Waals surface area contributed by atoms with Crippen molar-refractivity contribution in [2.24, 2.45) is 11.8 Å². The summed E-state index contributed by atoms with van der Waals surface area (Å²) >= 11 is 0. The lowest BCUT2D eigenvalue weighted by molar-refractivity contribution is -0.247. The van der Waals surface area contributed by atoms with Crippen LogP contribution in [-0.2, 0) is 14.2 Å². The Bertz CT molecular complexity index is 445. The largest absolute Gasteiger partial charge is 0.458 e. The van der Waals surface area contributed by atoms with Crippen LogP contribution in [0.4, 0.5) is 0 Å². The number of esters is 1. The second-order valence-electron chi connectivity index (χ2n) is 5.40. The fraction of sp³-hybridized carbons (Fsp3) is 0.562. The summed E-state index contributed by atoms with van der Waals surface area (Å²) < 4.78 is 16.8. The minimum atomic E-state index is -0.338. The highest BCUT2D eigenvalue weighted by atomic mass is 16.7. The first kappa shape index (κ1) is 15.0. The summed E-state index contributed by atoms with van der Waals surface area (Å²) in [5.41, 5.74) is 0.569. The zero-order chi connectivity index (χ0) is 14.7. The second-order valence-corrected chi connectivity index (χ2v) is 5.40. The van der Waals surface area contributed by atoms with Gasteiger partial charge < -0.3 is 14.2 Å². The lowest BCUT2D eigenvalue weighted by Gasteiger charge is -2.42. The molecule has 4 heteroatoms. The summed E-state index contributed by atoms with van der Waals surface area (Å²) in [6, 6.07) is 9.05. The molecule has 5 unspecified atom stereocenters. The van der Waals surface area contributed by atoms with Crippen LogP contribution in [0.2, 0.25) is 0 Å². The summed E-state index contributed by atoms with van der Waals surface area (Å²) in [5, 5.41) is 0. The molecular weight excluding hydrogens is 256 g/mol. The van der Waals surface area contributed by atoms with Gasteiger partial charge in [-0.1, -0.05) is 32.0 Å². The van der Waals surface area contributed by atoms with Crippen LogP contribution in [0.1, 0.15) is 31.1 Å². The average Bonchev–Trinajstić information content (AvgIpc) is 2.48. The number of carbonyl (C=O) groups is 1. The highest BCUT2D eigenvalue weighted by molar-refractivity contribution is 5.89. The van der Waals surface area contributed by atoms with Crippen LogP contribution < -0.4 is 0 Å². The Morgan fingerprint density at radius 3 is 2.35 bits per heavy atom. The molecule has 0 aromatic heterocycles. The molecule has 1 aliphatic rings. The topological polar surface area (TPSA) is 44.8 Å². The van der Waals surface area contributed by atoms with Crippen molar-refractivity contribution in [3.63, 3.8) is 0 Å². The first-order valence-corrected chi connectivity index (χ1v) is 6.99. The number of methoxy groups -OCH3 is 1.